The smallest absolute Gasteiger partial charge is 0.295 e. The van der Waals surface area contributed by atoms with Crippen LogP contribution in [0.25, 0.3) is 17.1 Å². The van der Waals surface area contributed by atoms with E-state index < -0.39 is 0 Å². The van der Waals surface area contributed by atoms with Crippen molar-refractivity contribution in [1.29, 1.82) is 0 Å². The summed E-state index contributed by atoms with van der Waals surface area (Å²) in [5.41, 5.74) is 4.65. The van der Waals surface area contributed by atoms with Crippen LogP contribution in [-0.4, -0.2) is 27.8 Å². The minimum absolute atomic E-state index is 0.102. The maximum absolute atomic E-state index is 12.9. The molecular formula is C24H22N4O2. The zero-order valence-electron chi connectivity index (χ0n) is 17.1. The first kappa shape index (κ1) is 19.4. The first-order chi connectivity index (χ1) is 14.6. The number of ether oxygens (including phenoxy) is 1. The van der Waals surface area contributed by atoms with Crippen LogP contribution in [0.3, 0.4) is 0 Å². The second kappa shape index (κ2) is 8.21. The van der Waals surface area contributed by atoms with Gasteiger partial charge in [-0.25, -0.2) is 9.67 Å². The lowest BCUT2D eigenvalue weighted by atomic mass is 10.1. The van der Waals surface area contributed by atoms with Gasteiger partial charge in [0.25, 0.3) is 5.91 Å². The van der Waals surface area contributed by atoms with Crippen LogP contribution in [0.2, 0.25) is 0 Å². The highest BCUT2D eigenvalue weighted by atomic mass is 16.5. The van der Waals surface area contributed by atoms with Gasteiger partial charge in [0.05, 0.1) is 12.8 Å². The number of methoxy groups -OCH3 is 1. The number of amides is 1. The fourth-order valence-electron chi connectivity index (χ4n) is 3.18. The van der Waals surface area contributed by atoms with Gasteiger partial charge in [-0.15, -0.1) is 5.10 Å². The second-order valence-electron chi connectivity index (χ2n) is 6.94. The number of carbonyl (C=O) groups excluding carboxylic acids is 1. The van der Waals surface area contributed by atoms with Gasteiger partial charge < -0.3 is 10.1 Å². The van der Waals surface area contributed by atoms with E-state index in [1.54, 1.807) is 36.1 Å². The first-order valence-electron chi connectivity index (χ1n) is 9.61. The molecule has 0 saturated carbocycles. The number of rotatable bonds is 5. The Morgan fingerprint density at radius 2 is 1.67 bits per heavy atom. The number of benzene rings is 3. The first-order valence-corrected chi connectivity index (χ1v) is 9.61. The lowest BCUT2D eigenvalue weighted by molar-refractivity contribution is 0.101. The van der Waals surface area contributed by atoms with Crippen molar-refractivity contribution >= 4 is 11.6 Å². The molecule has 0 aliphatic rings. The van der Waals surface area contributed by atoms with Gasteiger partial charge in [-0.2, -0.15) is 0 Å². The van der Waals surface area contributed by atoms with Gasteiger partial charge in [-0.1, -0.05) is 42.5 Å². The number of nitrogens with one attached hydrogen (secondary N) is 1. The molecule has 1 amide bonds. The van der Waals surface area contributed by atoms with E-state index in [9.17, 15) is 4.79 Å². The molecule has 0 radical (unpaired) electrons. The van der Waals surface area contributed by atoms with E-state index in [4.69, 9.17) is 4.74 Å². The average Bonchev–Trinajstić information content (AvgIpc) is 3.22. The molecule has 150 valence electrons. The number of hydrogen-bond acceptors (Lipinski definition) is 4. The summed E-state index contributed by atoms with van der Waals surface area (Å²) in [6.45, 7) is 4.09. The van der Waals surface area contributed by atoms with E-state index in [2.05, 4.69) is 28.4 Å². The molecule has 1 heterocycles. The monoisotopic (exact) mass is 398 g/mol. The highest BCUT2D eigenvalue weighted by molar-refractivity contribution is 6.01. The predicted octanol–water partition coefficient (Wildman–Crippen LogP) is 4.81. The third-order valence-corrected chi connectivity index (χ3v) is 4.99. The van der Waals surface area contributed by atoms with Crippen molar-refractivity contribution in [3.8, 4) is 22.8 Å². The number of anilines is 1. The van der Waals surface area contributed by atoms with Crippen molar-refractivity contribution in [1.82, 2.24) is 14.8 Å². The summed E-state index contributed by atoms with van der Waals surface area (Å²) in [4.78, 5) is 17.4. The second-order valence-corrected chi connectivity index (χ2v) is 6.94. The summed E-state index contributed by atoms with van der Waals surface area (Å²) >= 11 is 0. The molecule has 0 unspecified atom stereocenters. The van der Waals surface area contributed by atoms with E-state index in [-0.39, 0.29) is 11.7 Å². The van der Waals surface area contributed by atoms with Gasteiger partial charge in [-0.05, 0) is 55.3 Å². The minimum atomic E-state index is -0.374. The molecule has 3 aromatic carbocycles. The fraction of sp³-hybridized carbons (Fsp3) is 0.125. The fourth-order valence-corrected chi connectivity index (χ4v) is 3.18. The summed E-state index contributed by atoms with van der Waals surface area (Å²) in [7, 11) is 1.60. The molecule has 30 heavy (non-hydrogen) atoms. The maximum atomic E-state index is 12.9. The van der Waals surface area contributed by atoms with E-state index in [0.29, 0.717) is 11.5 Å². The average molecular weight is 398 g/mol. The molecule has 0 spiro atoms. The molecule has 0 fully saturated rings. The Labute approximate surface area is 175 Å². The van der Waals surface area contributed by atoms with Crippen LogP contribution >= 0.6 is 0 Å². The molecule has 6 nitrogen and oxygen atoms in total. The molecular weight excluding hydrogens is 376 g/mol. The van der Waals surface area contributed by atoms with Gasteiger partial charge in [0.15, 0.2) is 5.82 Å². The van der Waals surface area contributed by atoms with Gasteiger partial charge >= 0.3 is 0 Å². The van der Waals surface area contributed by atoms with Crippen LogP contribution in [0.15, 0.2) is 72.8 Å². The summed E-state index contributed by atoms with van der Waals surface area (Å²) in [5, 5.41) is 7.40. The molecule has 0 aliphatic carbocycles. The van der Waals surface area contributed by atoms with Crippen molar-refractivity contribution in [3.05, 3.63) is 89.7 Å². The highest BCUT2D eigenvalue weighted by Gasteiger charge is 2.20. The lowest BCUT2D eigenvalue weighted by Crippen LogP contribution is -2.14. The molecule has 0 bridgehead atoms. The van der Waals surface area contributed by atoms with Gasteiger partial charge in [0, 0.05) is 11.3 Å². The van der Waals surface area contributed by atoms with E-state index in [1.807, 2.05) is 49.4 Å². The molecule has 1 aromatic heterocycles. The third-order valence-electron chi connectivity index (χ3n) is 4.99. The molecule has 1 N–H and O–H groups in total. The van der Waals surface area contributed by atoms with Crippen LogP contribution < -0.4 is 10.1 Å². The Kier molecular flexibility index (Phi) is 5.30. The molecule has 6 heteroatoms. The Bertz CT molecular complexity index is 1180. The van der Waals surface area contributed by atoms with Crippen molar-refractivity contribution in [3.63, 3.8) is 0 Å². The molecule has 4 aromatic rings. The van der Waals surface area contributed by atoms with Gasteiger partial charge in [0.2, 0.25) is 5.82 Å². The Hall–Kier alpha value is -3.93. The van der Waals surface area contributed by atoms with Crippen LogP contribution in [0.4, 0.5) is 5.69 Å². The number of aromatic nitrogens is 3. The molecule has 0 atom stereocenters. The molecule has 0 aliphatic heterocycles. The number of aryl methyl sites for hydroxylation is 1. The van der Waals surface area contributed by atoms with Crippen LogP contribution in [0.1, 0.15) is 21.7 Å². The van der Waals surface area contributed by atoms with E-state index in [1.165, 1.54) is 0 Å². The third kappa shape index (κ3) is 3.80. The highest BCUT2D eigenvalue weighted by Crippen LogP contribution is 2.25. The van der Waals surface area contributed by atoms with Crippen molar-refractivity contribution in [2.24, 2.45) is 0 Å². The SMILES string of the molecule is COc1ccc(NC(=O)c2nc(-c3ccccc3)n(-c3cccc(C)c3C)n2)cc1. The summed E-state index contributed by atoms with van der Waals surface area (Å²) in [5.74, 6) is 1.06. The predicted molar refractivity (Wildman–Crippen MR) is 117 cm³/mol. The van der Waals surface area contributed by atoms with Crippen molar-refractivity contribution in [2.75, 3.05) is 12.4 Å². The lowest BCUT2D eigenvalue weighted by Gasteiger charge is -2.10. The zero-order chi connectivity index (χ0) is 21.1. The largest absolute Gasteiger partial charge is 0.497 e. The zero-order valence-corrected chi connectivity index (χ0v) is 17.1. The van der Waals surface area contributed by atoms with E-state index in [0.717, 1.165) is 28.1 Å². The van der Waals surface area contributed by atoms with E-state index >= 15 is 0 Å². The number of nitrogens with zero attached hydrogens (tertiary/aromatic N) is 3. The Balaban J connectivity index is 1.75. The minimum Gasteiger partial charge on any atom is -0.497 e. The van der Waals surface area contributed by atoms with Crippen molar-refractivity contribution < 1.29 is 9.53 Å². The van der Waals surface area contributed by atoms with Gasteiger partial charge in [0.1, 0.15) is 5.75 Å². The molecule has 0 saturated heterocycles. The standard InChI is InChI=1S/C24H22N4O2/c1-16-8-7-11-21(17(16)2)28-23(18-9-5-4-6-10-18)26-22(27-28)24(29)25-19-12-14-20(30-3)15-13-19/h4-15H,1-3H3,(H,25,29). The number of carbonyl (C=O) groups is 1. The molecule has 4 rings (SSSR count). The summed E-state index contributed by atoms with van der Waals surface area (Å²) in [6.07, 6.45) is 0. The number of hydrogen-bond donors (Lipinski definition) is 1. The van der Waals surface area contributed by atoms with Crippen molar-refractivity contribution in [2.45, 2.75) is 13.8 Å². The van der Waals surface area contributed by atoms with Crippen LogP contribution in [-0.2, 0) is 0 Å². The maximum Gasteiger partial charge on any atom is 0.295 e. The quantitative estimate of drug-likeness (QED) is 0.524. The van der Waals surface area contributed by atoms with Crippen LogP contribution in [0.5, 0.6) is 5.75 Å². The summed E-state index contributed by atoms with van der Waals surface area (Å²) in [6, 6.07) is 22.9. The Morgan fingerprint density at radius 3 is 2.37 bits per heavy atom. The van der Waals surface area contributed by atoms with Gasteiger partial charge in [-0.3, -0.25) is 4.79 Å². The summed E-state index contributed by atoms with van der Waals surface area (Å²) < 4.78 is 6.89. The Morgan fingerprint density at radius 1 is 0.933 bits per heavy atom. The van der Waals surface area contributed by atoms with Crippen LogP contribution in [0, 0.1) is 13.8 Å². The normalized spacial score (nSPS) is 10.6. The topological polar surface area (TPSA) is 69.0 Å².